The van der Waals surface area contributed by atoms with Gasteiger partial charge in [-0.1, -0.05) is 38.3 Å². The Hall–Kier alpha value is -0.870. The summed E-state index contributed by atoms with van der Waals surface area (Å²) in [6.07, 6.45) is 7.71. The fraction of sp³-hybridized carbons (Fsp3) is 0.885. The molecule has 4 rings (SSSR count). The van der Waals surface area contributed by atoms with Crippen molar-refractivity contribution in [3.05, 3.63) is 11.1 Å². The topological polar surface area (TPSA) is 77.8 Å². The normalized spacial score (nSPS) is 46.7. The molecule has 0 aromatic heterocycles. The van der Waals surface area contributed by atoms with E-state index < -0.39 is 5.97 Å². The number of rotatable bonds is 5. The van der Waals surface area contributed by atoms with Crippen molar-refractivity contribution in [3.63, 3.8) is 0 Å². The molecule has 4 heteroatoms. The number of aliphatic hydroxyl groups is 2. The summed E-state index contributed by atoms with van der Waals surface area (Å²) in [6.45, 7) is 9.23. The summed E-state index contributed by atoms with van der Waals surface area (Å²) < 4.78 is 0. The molecule has 0 saturated heterocycles. The van der Waals surface area contributed by atoms with Crippen molar-refractivity contribution in [3.8, 4) is 0 Å². The zero-order valence-electron chi connectivity index (χ0n) is 19.3. The largest absolute Gasteiger partial charge is 0.481 e. The van der Waals surface area contributed by atoms with Crippen LogP contribution in [0.5, 0.6) is 0 Å². The molecule has 0 heterocycles. The standard InChI is InChI=1S/C26H42O4/c1-5-17-20-13-16(27)10-11-26(20,4)21-12-15(3)23-18(14(2)6-9-22(28)29)7-8-19(23)24(21)25(17)30/h14,16-21,24-25,27,30H,5-13H2,1-4H3,(H,28,29)/t14-,16-,17-,18-,19?,20+,21?,24?,25?,26+/m1/s1. The Balaban J connectivity index is 1.66. The van der Waals surface area contributed by atoms with Crippen molar-refractivity contribution >= 4 is 5.97 Å². The van der Waals surface area contributed by atoms with Gasteiger partial charge in [-0.15, -0.1) is 0 Å². The van der Waals surface area contributed by atoms with E-state index in [1.807, 2.05) is 0 Å². The molecule has 3 N–H and O–H groups in total. The summed E-state index contributed by atoms with van der Waals surface area (Å²) in [5.74, 6) is 2.20. The Morgan fingerprint density at radius 2 is 1.93 bits per heavy atom. The third-order valence-corrected chi connectivity index (χ3v) is 10.1. The van der Waals surface area contributed by atoms with Crippen LogP contribution < -0.4 is 0 Å². The zero-order chi connectivity index (χ0) is 21.8. The first kappa shape index (κ1) is 22.3. The minimum atomic E-state index is -0.697. The van der Waals surface area contributed by atoms with Crippen molar-refractivity contribution in [1.82, 2.24) is 0 Å². The molecule has 4 aliphatic rings. The highest BCUT2D eigenvalue weighted by Gasteiger charge is 2.61. The summed E-state index contributed by atoms with van der Waals surface area (Å²) in [7, 11) is 0. The van der Waals surface area contributed by atoms with Gasteiger partial charge in [-0.2, -0.15) is 0 Å². The second kappa shape index (κ2) is 8.24. The maximum Gasteiger partial charge on any atom is 0.303 e. The fourth-order valence-corrected chi connectivity index (χ4v) is 8.65. The first-order valence-corrected chi connectivity index (χ1v) is 12.5. The summed E-state index contributed by atoms with van der Waals surface area (Å²) in [5.41, 5.74) is 3.32. The molecule has 0 aromatic rings. The lowest BCUT2D eigenvalue weighted by Crippen LogP contribution is -2.60. The van der Waals surface area contributed by atoms with Gasteiger partial charge in [0.1, 0.15) is 0 Å². The predicted molar refractivity (Wildman–Crippen MR) is 118 cm³/mol. The summed E-state index contributed by atoms with van der Waals surface area (Å²) >= 11 is 0. The van der Waals surface area contributed by atoms with Crippen LogP contribution in [0.25, 0.3) is 0 Å². The van der Waals surface area contributed by atoms with E-state index in [1.165, 1.54) is 5.57 Å². The molecule has 3 saturated carbocycles. The number of carbonyl (C=O) groups is 1. The van der Waals surface area contributed by atoms with Crippen LogP contribution in [0.3, 0.4) is 0 Å². The SMILES string of the molecule is CC[C@H]1C(O)C2C3CC[C@H]([C@H](C)CCC(=O)O)C3=C(C)CC2[C@@]2(C)CC[C@@H](O)C[C@@H]12. The number of hydrogen-bond acceptors (Lipinski definition) is 3. The van der Waals surface area contributed by atoms with Crippen LogP contribution in [0, 0.1) is 46.8 Å². The molecule has 30 heavy (non-hydrogen) atoms. The van der Waals surface area contributed by atoms with Crippen molar-refractivity contribution in [2.24, 2.45) is 46.8 Å². The summed E-state index contributed by atoms with van der Waals surface area (Å²) in [4.78, 5) is 11.1. The molecule has 0 spiro atoms. The molecule has 0 bridgehead atoms. The minimum absolute atomic E-state index is 0.206. The van der Waals surface area contributed by atoms with Crippen LogP contribution in [0.4, 0.5) is 0 Å². The molecular weight excluding hydrogens is 376 g/mol. The van der Waals surface area contributed by atoms with Crippen molar-refractivity contribution in [2.75, 3.05) is 0 Å². The lowest BCUT2D eigenvalue weighted by atomic mass is 9.44. The van der Waals surface area contributed by atoms with Crippen LogP contribution in [0.15, 0.2) is 11.1 Å². The smallest absolute Gasteiger partial charge is 0.303 e. The number of carboxylic acids is 1. The predicted octanol–water partition coefficient (Wildman–Crippen LogP) is 5.03. The van der Waals surface area contributed by atoms with Gasteiger partial charge < -0.3 is 15.3 Å². The van der Waals surface area contributed by atoms with Crippen LogP contribution in [0.1, 0.15) is 85.5 Å². The van der Waals surface area contributed by atoms with E-state index >= 15 is 0 Å². The molecule has 4 nitrogen and oxygen atoms in total. The van der Waals surface area contributed by atoms with Gasteiger partial charge in [0.25, 0.3) is 0 Å². The summed E-state index contributed by atoms with van der Waals surface area (Å²) in [6, 6.07) is 0. The van der Waals surface area contributed by atoms with Crippen LogP contribution in [-0.4, -0.2) is 33.5 Å². The first-order chi connectivity index (χ1) is 14.2. The Morgan fingerprint density at radius 3 is 2.60 bits per heavy atom. The number of aliphatic hydroxyl groups excluding tert-OH is 2. The monoisotopic (exact) mass is 418 g/mol. The summed E-state index contributed by atoms with van der Waals surface area (Å²) in [5, 5.41) is 31.2. The highest BCUT2D eigenvalue weighted by atomic mass is 16.4. The van der Waals surface area contributed by atoms with Crippen molar-refractivity contribution in [2.45, 2.75) is 97.7 Å². The van der Waals surface area contributed by atoms with Gasteiger partial charge in [0.15, 0.2) is 0 Å². The maximum atomic E-state index is 11.7. The molecule has 3 fully saturated rings. The van der Waals surface area contributed by atoms with Gasteiger partial charge in [-0.05, 0) is 98.7 Å². The van der Waals surface area contributed by atoms with E-state index in [2.05, 4.69) is 27.7 Å². The molecule has 0 radical (unpaired) electrons. The van der Waals surface area contributed by atoms with Gasteiger partial charge >= 0.3 is 5.97 Å². The van der Waals surface area contributed by atoms with E-state index in [9.17, 15) is 15.0 Å². The van der Waals surface area contributed by atoms with Gasteiger partial charge in [0.05, 0.1) is 12.2 Å². The maximum absolute atomic E-state index is 11.7. The quantitative estimate of drug-likeness (QED) is 0.547. The second-order valence-electron chi connectivity index (χ2n) is 11.4. The van der Waals surface area contributed by atoms with Gasteiger partial charge in [0.2, 0.25) is 0 Å². The van der Waals surface area contributed by atoms with E-state index in [4.69, 9.17) is 5.11 Å². The fourth-order valence-electron chi connectivity index (χ4n) is 8.65. The second-order valence-corrected chi connectivity index (χ2v) is 11.4. The molecular formula is C26H42O4. The van der Waals surface area contributed by atoms with Gasteiger partial charge in [-0.25, -0.2) is 0 Å². The van der Waals surface area contributed by atoms with Gasteiger partial charge in [0, 0.05) is 6.42 Å². The number of aliphatic carboxylic acids is 1. The van der Waals surface area contributed by atoms with Crippen molar-refractivity contribution < 1.29 is 20.1 Å². The highest BCUT2D eigenvalue weighted by Crippen LogP contribution is 2.65. The molecule has 4 unspecified atom stereocenters. The van der Waals surface area contributed by atoms with Gasteiger partial charge in [-0.3, -0.25) is 4.79 Å². The Morgan fingerprint density at radius 1 is 1.20 bits per heavy atom. The van der Waals surface area contributed by atoms with Crippen molar-refractivity contribution in [1.29, 1.82) is 0 Å². The third kappa shape index (κ3) is 3.46. The average molecular weight is 419 g/mol. The molecule has 10 atom stereocenters. The van der Waals surface area contributed by atoms with E-state index in [-0.39, 0.29) is 30.0 Å². The van der Waals surface area contributed by atoms with E-state index in [0.29, 0.717) is 35.5 Å². The molecule has 4 aliphatic carbocycles. The zero-order valence-corrected chi connectivity index (χ0v) is 19.3. The Bertz CT molecular complexity index is 699. The number of carboxylic acid groups (broad SMARTS) is 1. The van der Waals surface area contributed by atoms with Crippen LogP contribution in [-0.2, 0) is 4.79 Å². The minimum Gasteiger partial charge on any atom is -0.481 e. The first-order valence-electron chi connectivity index (χ1n) is 12.5. The molecule has 0 aliphatic heterocycles. The molecule has 170 valence electrons. The molecule has 0 aromatic carbocycles. The highest BCUT2D eigenvalue weighted by molar-refractivity contribution is 5.66. The number of fused-ring (bicyclic) bond motifs is 5. The Kier molecular flexibility index (Phi) is 6.13. The lowest BCUT2D eigenvalue weighted by molar-refractivity contribution is -0.171. The van der Waals surface area contributed by atoms with E-state index in [1.54, 1.807) is 5.57 Å². The number of allylic oxidation sites excluding steroid dienone is 2. The van der Waals surface area contributed by atoms with Crippen LogP contribution in [0.2, 0.25) is 0 Å². The average Bonchev–Trinajstić information content (AvgIpc) is 3.14. The Labute approximate surface area is 182 Å². The third-order valence-electron chi connectivity index (χ3n) is 10.1. The van der Waals surface area contributed by atoms with E-state index in [0.717, 1.165) is 51.4 Å². The molecule has 0 amide bonds. The van der Waals surface area contributed by atoms with Crippen LogP contribution >= 0.6 is 0 Å². The lowest BCUT2D eigenvalue weighted by Gasteiger charge is -2.62. The number of hydrogen-bond donors (Lipinski definition) is 3.